The summed E-state index contributed by atoms with van der Waals surface area (Å²) in [6, 6.07) is 7.88. The molecule has 1 unspecified atom stereocenters. The summed E-state index contributed by atoms with van der Waals surface area (Å²) in [5.41, 5.74) is 5.54. The van der Waals surface area contributed by atoms with Gasteiger partial charge in [-0.15, -0.1) is 0 Å². The molecule has 0 radical (unpaired) electrons. The lowest BCUT2D eigenvalue weighted by Crippen LogP contribution is -2.26. The van der Waals surface area contributed by atoms with E-state index in [9.17, 15) is 4.79 Å². The van der Waals surface area contributed by atoms with Crippen LogP contribution in [0.5, 0.6) is 11.6 Å². The molecule has 7 heteroatoms. The second kappa shape index (κ2) is 9.52. The molecule has 1 aromatic heterocycles. The van der Waals surface area contributed by atoms with E-state index < -0.39 is 11.9 Å². The number of nitrogens with one attached hydrogen (secondary N) is 1. The van der Waals surface area contributed by atoms with E-state index in [-0.39, 0.29) is 13.0 Å². The van der Waals surface area contributed by atoms with Crippen molar-refractivity contribution in [3.8, 4) is 17.7 Å². The number of anilines is 1. The van der Waals surface area contributed by atoms with Crippen molar-refractivity contribution in [1.82, 2.24) is 4.98 Å². The third-order valence-electron chi connectivity index (χ3n) is 5.21. The number of benzene rings is 1. The lowest BCUT2D eigenvalue weighted by molar-refractivity contribution is -0.139. The Balaban J connectivity index is 2.27. The predicted molar refractivity (Wildman–Crippen MR) is 117 cm³/mol. The van der Waals surface area contributed by atoms with Crippen LogP contribution in [0.1, 0.15) is 48.4 Å². The number of methoxy groups -OCH3 is 1. The fourth-order valence-corrected chi connectivity index (χ4v) is 3.82. The van der Waals surface area contributed by atoms with Crippen molar-refractivity contribution in [2.45, 2.75) is 40.0 Å². The van der Waals surface area contributed by atoms with Crippen LogP contribution in [0.4, 0.5) is 5.69 Å². The summed E-state index contributed by atoms with van der Waals surface area (Å²) in [5, 5.41) is 12.2. The van der Waals surface area contributed by atoms with E-state index in [0.717, 1.165) is 27.9 Å². The summed E-state index contributed by atoms with van der Waals surface area (Å²) in [4.78, 5) is 17.7. The highest BCUT2D eigenvalue weighted by atomic mass is 16.5. The van der Waals surface area contributed by atoms with Gasteiger partial charge in [0.2, 0.25) is 5.88 Å². The Labute approximate surface area is 182 Å². The lowest BCUT2D eigenvalue weighted by atomic mass is 9.79. The number of hydrogen-bond donors (Lipinski definition) is 1. The van der Waals surface area contributed by atoms with E-state index in [1.165, 1.54) is 0 Å². The molecule has 3 rings (SSSR count). The van der Waals surface area contributed by atoms with Crippen LogP contribution in [-0.4, -0.2) is 31.3 Å². The summed E-state index contributed by atoms with van der Waals surface area (Å²) in [5.74, 6) is 0.132. The van der Waals surface area contributed by atoms with Crippen molar-refractivity contribution in [1.29, 1.82) is 5.26 Å². The SMILES string of the molecule is CCOc1ncc(C)c2c1C(c1ccc(C)cc1OC)C(C(=O)OCCC#N)=C(C)N2. The second-order valence-corrected chi connectivity index (χ2v) is 7.35. The highest BCUT2D eigenvalue weighted by Gasteiger charge is 2.38. The Bertz CT molecular complexity index is 1070. The Kier molecular flexibility index (Phi) is 6.81. The molecule has 0 saturated heterocycles. The van der Waals surface area contributed by atoms with Crippen molar-refractivity contribution in [3.05, 3.63) is 57.9 Å². The van der Waals surface area contributed by atoms with E-state index in [1.807, 2.05) is 52.0 Å². The van der Waals surface area contributed by atoms with Gasteiger partial charge >= 0.3 is 5.97 Å². The number of nitrogens with zero attached hydrogens (tertiary/aromatic N) is 2. The van der Waals surface area contributed by atoms with Crippen molar-refractivity contribution >= 4 is 11.7 Å². The first kappa shape index (κ1) is 22.2. The zero-order valence-corrected chi connectivity index (χ0v) is 18.5. The fraction of sp³-hybridized carbons (Fsp3) is 0.375. The summed E-state index contributed by atoms with van der Waals surface area (Å²) < 4.78 is 17.0. The minimum atomic E-state index is -0.504. The number of nitriles is 1. The van der Waals surface area contributed by atoms with Crippen LogP contribution < -0.4 is 14.8 Å². The Morgan fingerprint density at radius 2 is 2.06 bits per heavy atom. The van der Waals surface area contributed by atoms with Crippen LogP contribution in [0, 0.1) is 25.2 Å². The minimum Gasteiger partial charge on any atom is -0.496 e. The molecule has 0 aliphatic carbocycles. The van der Waals surface area contributed by atoms with Crippen LogP contribution >= 0.6 is 0 Å². The number of aryl methyl sites for hydroxylation is 2. The number of allylic oxidation sites excluding steroid dienone is 1. The number of carbonyl (C=O) groups excluding carboxylic acids is 1. The predicted octanol–water partition coefficient (Wildman–Crippen LogP) is 4.39. The molecule has 0 amide bonds. The Hall–Kier alpha value is -3.53. The van der Waals surface area contributed by atoms with Gasteiger partial charge in [-0.2, -0.15) is 5.26 Å². The molecule has 1 aliphatic rings. The molecule has 2 heterocycles. The molecular weight excluding hydrogens is 394 g/mol. The first-order valence-electron chi connectivity index (χ1n) is 10.2. The lowest BCUT2D eigenvalue weighted by Gasteiger charge is -2.32. The summed E-state index contributed by atoms with van der Waals surface area (Å²) in [6.45, 7) is 8.15. The maximum atomic E-state index is 13.2. The van der Waals surface area contributed by atoms with Gasteiger partial charge in [-0.05, 0) is 44.9 Å². The van der Waals surface area contributed by atoms with Gasteiger partial charge in [0, 0.05) is 17.5 Å². The maximum Gasteiger partial charge on any atom is 0.336 e. The quantitative estimate of drug-likeness (QED) is 0.523. The molecule has 0 spiro atoms. The third-order valence-corrected chi connectivity index (χ3v) is 5.21. The van der Waals surface area contributed by atoms with E-state index in [2.05, 4.69) is 10.3 Å². The fourth-order valence-electron chi connectivity index (χ4n) is 3.82. The number of carbonyl (C=O) groups is 1. The summed E-state index contributed by atoms with van der Waals surface area (Å²) in [6.07, 6.45) is 1.88. The summed E-state index contributed by atoms with van der Waals surface area (Å²) >= 11 is 0. The number of rotatable bonds is 7. The second-order valence-electron chi connectivity index (χ2n) is 7.35. The van der Waals surface area contributed by atoms with Gasteiger partial charge in [0.15, 0.2) is 0 Å². The van der Waals surface area contributed by atoms with Crippen molar-refractivity contribution in [2.24, 2.45) is 0 Å². The zero-order chi connectivity index (χ0) is 22.5. The number of hydrogen-bond acceptors (Lipinski definition) is 7. The van der Waals surface area contributed by atoms with Crippen LogP contribution in [0.25, 0.3) is 0 Å². The van der Waals surface area contributed by atoms with Crippen molar-refractivity contribution in [3.63, 3.8) is 0 Å². The van der Waals surface area contributed by atoms with Gasteiger partial charge in [0.25, 0.3) is 0 Å². The van der Waals surface area contributed by atoms with Gasteiger partial charge in [0.05, 0.1) is 48.9 Å². The molecule has 7 nitrogen and oxygen atoms in total. The highest BCUT2D eigenvalue weighted by molar-refractivity contribution is 5.95. The average molecular weight is 421 g/mol. The van der Waals surface area contributed by atoms with Crippen LogP contribution in [0.2, 0.25) is 0 Å². The molecule has 0 saturated carbocycles. The van der Waals surface area contributed by atoms with Crippen LogP contribution in [-0.2, 0) is 9.53 Å². The van der Waals surface area contributed by atoms with E-state index in [0.29, 0.717) is 29.5 Å². The Morgan fingerprint density at radius 1 is 1.29 bits per heavy atom. The van der Waals surface area contributed by atoms with E-state index in [4.69, 9.17) is 19.5 Å². The normalized spacial score (nSPS) is 14.9. The van der Waals surface area contributed by atoms with E-state index >= 15 is 0 Å². The largest absolute Gasteiger partial charge is 0.496 e. The van der Waals surface area contributed by atoms with Gasteiger partial charge in [-0.25, -0.2) is 9.78 Å². The first-order chi connectivity index (χ1) is 14.9. The van der Waals surface area contributed by atoms with Gasteiger partial charge in [-0.3, -0.25) is 0 Å². The molecule has 1 atom stereocenters. The van der Waals surface area contributed by atoms with E-state index in [1.54, 1.807) is 13.3 Å². The number of fused-ring (bicyclic) bond motifs is 1. The summed E-state index contributed by atoms with van der Waals surface area (Å²) in [7, 11) is 1.61. The van der Waals surface area contributed by atoms with Gasteiger partial charge < -0.3 is 19.5 Å². The molecule has 1 aliphatic heterocycles. The number of esters is 1. The standard InChI is InChI=1S/C24H27N3O4/c1-6-30-23-21-20(17-9-8-14(2)12-18(17)29-5)19(24(28)31-11-7-10-25)16(4)27-22(21)15(3)13-26-23/h8-9,12-13,20,27H,6-7,11H2,1-5H3. The topological polar surface area (TPSA) is 93.5 Å². The van der Waals surface area contributed by atoms with Gasteiger partial charge in [0.1, 0.15) is 12.4 Å². The van der Waals surface area contributed by atoms with Crippen LogP contribution in [0.3, 0.4) is 0 Å². The molecule has 1 N–H and O–H groups in total. The molecular formula is C24H27N3O4. The molecule has 2 aromatic rings. The number of aromatic nitrogens is 1. The molecule has 0 fully saturated rings. The minimum absolute atomic E-state index is 0.0289. The molecule has 162 valence electrons. The monoisotopic (exact) mass is 421 g/mol. The van der Waals surface area contributed by atoms with Crippen LogP contribution in [0.15, 0.2) is 35.7 Å². The molecule has 31 heavy (non-hydrogen) atoms. The smallest absolute Gasteiger partial charge is 0.336 e. The zero-order valence-electron chi connectivity index (χ0n) is 18.5. The number of pyridine rings is 1. The van der Waals surface area contributed by atoms with Crippen molar-refractivity contribution < 1.29 is 19.0 Å². The first-order valence-corrected chi connectivity index (χ1v) is 10.2. The van der Waals surface area contributed by atoms with Gasteiger partial charge in [-0.1, -0.05) is 12.1 Å². The Morgan fingerprint density at radius 3 is 2.74 bits per heavy atom. The molecule has 1 aromatic carbocycles. The average Bonchev–Trinajstić information content (AvgIpc) is 2.75. The number of ether oxygens (including phenoxy) is 3. The third kappa shape index (κ3) is 4.33. The highest BCUT2D eigenvalue weighted by Crippen LogP contribution is 2.49. The molecule has 0 bridgehead atoms. The maximum absolute atomic E-state index is 13.2. The van der Waals surface area contributed by atoms with Crippen molar-refractivity contribution in [2.75, 3.05) is 25.6 Å².